The van der Waals surface area contributed by atoms with Crippen LogP contribution in [0.25, 0.3) is 0 Å². The van der Waals surface area contributed by atoms with Gasteiger partial charge in [-0.3, -0.25) is 0 Å². The normalized spacial score (nSPS) is 11.7. The maximum atomic E-state index is 13.7. The fourth-order valence-electron chi connectivity index (χ4n) is 1.40. The number of carbonyl (C=O) groups excluding carboxylic acids is 1. The molecular weight excluding hydrogens is 325 g/mol. The maximum absolute atomic E-state index is 13.7. The Hall–Kier alpha value is -1.22. The summed E-state index contributed by atoms with van der Waals surface area (Å²) >= 11 is 5.58. The zero-order valence-electron chi connectivity index (χ0n) is 11.4. The molecule has 0 radical (unpaired) electrons. The van der Waals surface area contributed by atoms with E-state index in [0.717, 1.165) is 6.07 Å². The van der Waals surface area contributed by atoms with Crippen LogP contribution in [0.2, 0.25) is 5.02 Å². The average molecular weight is 340 g/mol. The molecule has 0 aliphatic carbocycles. The topological polar surface area (TPSA) is 95.7 Å². The van der Waals surface area contributed by atoms with Crippen molar-refractivity contribution in [3.05, 3.63) is 28.5 Å². The van der Waals surface area contributed by atoms with Crippen molar-refractivity contribution in [2.45, 2.75) is 24.8 Å². The smallest absolute Gasteiger partial charge is 0.341 e. The number of primary sulfonamides is 1. The summed E-state index contributed by atoms with van der Waals surface area (Å²) in [5.74, 6) is -2.02. The lowest BCUT2D eigenvalue weighted by molar-refractivity contribution is 0.0173. The minimum atomic E-state index is -4.17. The van der Waals surface area contributed by atoms with Crippen LogP contribution in [0.4, 0.5) is 4.39 Å². The van der Waals surface area contributed by atoms with E-state index >= 15 is 0 Å². The molecule has 1 aromatic rings. The monoisotopic (exact) mass is 339 g/mol. The van der Waals surface area contributed by atoms with Gasteiger partial charge in [-0.15, -0.1) is 0 Å². The van der Waals surface area contributed by atoms with E-state index in [1.807, 2.05) is 0 Å². The molecule has 1 rings (SSSR count). The summed E-state index contributed by atoms with van der Waals surface area (Å²) in [6, 6.07) is 1.45. The van der Waals surface area contributed by atoms with Crippen LogP contribution in [0.15, 0.2) is 17.0 Å². The van der Waals surface area contributed by atoms with Gasteiger partial charge in [0.15, 0.2) is 0 Å². The molecular formula is C12H15ClFNO5S. The van der Waals surface area contributed by atoms with Crippen LogP contribution in [0.3, 0.4) is 0 Å². The molecule has 9 heteroatoms. The summed E-state index contributed by atoms with van der Waals surface area (Å²) in [5.41, 5.74) is -0.562. The predicted octanol–water partition coefficient (Wildman–Crippen LogP) is 1.71. The number of nitrogens with two attached hydrogens (primary N) is 1. The highest BCUT2D eigenvalue weighted by atomic mass is 35.5. The fraction of sp³-hybridized carbons (Fsp3) is 0.417. The Morgan fingerprint density at radius 2 is 2.00 bits per heavy atom. The molecule has 0 heterocycles. The van der Waals surface area contributed by atoms with Crippen LogP contribution in [0.1, 0.15) is 24.2 Å². The van der Waals surface area contributed by atoms with Gasteiger partial charge in [0.05, 0.1) is 23.3 Å². The number of sulfonamides is 1. The number of benzene rings is 1. The van der Waals surface area contributed by atoms with Gasteiger partial charge in [0.2, 0.25) is 10.0 Å². The lowest BCUT2D eigenvalue weighted by Crippen LogP contribution is -2.17. The third-order valence-corrected chi connectivity index (χ3v) is 3.69. The second kappa shape index (κ2) is 7.17. The lowest BCUT2D eigenvalue weighted by atomic mass is 10.2. The number of halogens is 2. The van der Waals surface area contributed by atoms with Crippen LogP contribution in [-0.4, -0.2) is 33.7 Å². The van der Waals surface area contributed by atoms with Gasteiger partial charge in [0.1, 0.15) is 17.3 Å². The van der Waals surface area contributed by atoms with Gasteiger partial charge in [-0.1, -0.05) is 11.6 Å². The van der Waals surface area contributed by atoms with E-state index in [0.29, 0.717) is 6.07 Å². The zero-order chi connectivity index (χ0) is 16.2. The zero-order valence-corrected chi connectivity index (χ0v) is 13.0. The van der Waals surface area contributed by atoms with Gasteiger partial charge in [0, 0.05) is 0 Å². The second-order valence-corrected chi connectivity index (χ2v) is 6.30. The number of carbonyl (C=O) groups is 1. The van der Waals surface area contributed by atoms with Crippen molar-refractivity contribution in [2.24, 2.45) is 5.14 Å². The summed E-state index contributed by atoms with van der Waals surface area (Å²) in [5, 5.41) is 4.52. The Morgan fingerprint density at radius 1 is 1.38 bits per heavy atom. The summed E-state index contributed by atoms with van der Waals surface area (Å²) in [6.45, 7) is 3.66. The van der Waals surface area contributed by atoms with Crippen molar-refractivity contribution in [1.82, 2.24) is 0 Å². The van der Waals surface area contributed by atoms with Crippen molar-refractivity contribution >= 4 is 27.6 Å². The van der Waals surface area contributed by atoms with Gasteiger partial charge in [0.25, 0.3) is 0 Å². The van der Waals surface area contributed by atoms with Crippen molar-refractivity contribution < 1.29 is 27.1 Å². The molecule has 0 fully saturated rings. The molecule has 6 nitrogen and oxygen atoms in total. The van der Waals surface area contributed by atoms with Crippen LogP contribution < -0.4 is 5.14 Å². The third kappa shape index (κ3) is 5.24. The highest BCUT2D eigenvalue weighted by molar-refractivity contribution is 7.89. The molecule has 0 atom stereocenters. The van der Waals surface area contributed by atoms with Crippen molar-refractivity contribution in [3.8, 4) is 0 Å². The Kier molecular flexibility index (Phi) is 6.09. The van der Waals surface area contributed by atoms with Crippen molar-refractivity contribution in [2.75, 3.05) is 13.2 Å². The standard InChI is InChI=1S/C12H15ClFNO5S/c1-7(2)19-3-4-20-12(16)8-5-11(21(15,17)18)9(13)6-10(8)14/h5-7H,3-4H2,1-2H3,(H2,15,17,18). The molecule has 21 heavy (non-hydrogen) atoms. The molecule has 1 aromatic carbocycles. The van der Waals surface area contributed by atoms with E-state index in [4.69, 9.17) is 26.2 Å². The number of hydrogen-bond acceptors (Lipinski definition) is 5. The summed E-state index contributed by atoms with van der Waals surface area (Å²) < 4.78 is 46.1. The lowest BCUT2D eigenvalue weighted by Gasteiger charge is -2.10. The molecule has 0 saturated heterocycles. The Bertz CT molecular complexity index is 633. The van der Waals surface area contributed by atoms with Gasteiger partial charge in [-0.05, 0) is 26.0 Å². The van der Waals surface area contributed by atoms with E-state index in [1.165, 1.54) is 0 Å². The van der Waals surface area contributed by atoms with Gasteiger partial charge < -0.3 is 9.47 Å². The summed E-state index contributed by atoms with van der Waals surface area (Å²) in [7, 11) is -4.17. The van der Waals surface area contributed by atoms with Gasteiger partial charge in [-0.25, -0.2) is 22.7 Å². The molecule has 0 amide bonds. The Morgan fingerprint density at radius 3 is 2.52 bits per heavy atom. The van der Waals surface area contributed by atoms with Crippen LogP contribution >= 0.6 is 11.6 Å². The molecule has 0 bridgehead atoms. The van der Waals surface area contributed by atoms with Crippen LogP contribution in [0, 0.1) is 5.82 Å². The first-order valence-electron chi connectivity index (χ1n) is 5.93. The highest BCUT2D eigenvalue weighted by Crippen LogP contribution is 2.24. The molecule has 0 saturated carbocycles. The molecule has 2 N–H and O–H groups in total. The summed E-state index contributed by atoms with van der Waals surface area (Å²) in [4.78, 5) is 11.2. The third-order valence-electron chi connectivity index (χ3n) is 2.32. The average Bonchev–Trinajstić information content (AvgIpc) is 2.32. The predicted molar refractivity (Wildman–Crippen MR) is 74.2 cm³/mol. The molecule has 0 aliphatic heterocycles. The fourth-order valence-corrected chi connectivity index (χ4v) is 2.49. The quantitative estimate of drug-likeness (QED) is 0.628. The minimum absolute atomic E-state index is 0.0371. The number of esters is 1. The molecule has 118 valence electrons. The van der Waals surface area contributed by atoms with E-state index in [1.54, 1.807) is 13.8 Å². The maximum Gasteiger partial charge on any atom is 0.341 e. The molecule has 0 spiro atoms. The largest absolute Gasteiger partial charge is 0.460 e. The number of rotatable bonds is 6. The van der Waals surface area contributed by atoms with E-state index < -0.39 is 37.3 Å². The first-order chi connectivity index (χ1) is 9.62. The Labute approximate surface area is 127 Å². The molecule has 0 aromatic heterocycles. The van der Waals surface area contributed by atoms with Gasteiger partial charge >= 0.3 is 5.97 Å². The second-order valence-electron chi connectivity index (χ2n) is 4.36. The van der Waals surface area contributed by atoms with E-state index in [9.17, 15) is 17.6 Å². The SMILES string of the molecule is CC(C)OCCOC(=O)c1cc(S(N)(=O)=O)c(Cl)cc1F. The van der Waals surface area contributed by atoms with Crippen molar-refractivity contribution in [1.29, 1.82) is 0 Å². The van der Waals surface area contributed by atoms with Crippen LogP contribution in [-0.2, 0) is 19.5 Å². The summed E-state index contributed by atoms with van der Waals surface area (Å²) in [6.07, 6.45) is -0.0371. The first kappa shape index (κ1) is 17.8. The number of hydrogen-bond donors (Lipinski definition) is 1. The Balaban J connectivity index is 2.90. The first-order valence-corrected chi connectivity index (χ1v) is 7.86. The van der Waals surface area contributed by atoms with E-state index in [-0.39, 0.29) is 19.3 Å². The van der Waals surface area contributed by atoms with E-state index in [2.05, 4.69) is 0 Å². The number of ether oxygens (including phenoxy) is 2. The molecule has 0 unspecified atom stereocenters. The van der Waals surface area contributed by atoms with Gasteiger partial charge in [-0.2, -0.15) is 0 Å². The highest BCUT2D eigenvalue weighted by Gasteiger charge is 2.21. The minimum Gasteiger partial charge on any atom is -0.460 e. The van der Waals surface area contributed by atoms with Crippen LogP contribution in [0.5, 0.6) is 0 Å². The molecule has 0 aliphatic rings. The van der Waals surface area contributed by atoms with Crippen molar-refractivity contribution in [3.63, 3.8) is 0 Å².